The summed E-state index contributed by atoms with van der Waals surface area (Å²) in [4.78, 5) is 19.3. The summed E-state index contributed by atoms with van der Waals surface area (Å²) in [7, 11) is 2.15. The summed E-state index contributed by atoms with van der Waals surface area (Å²) >= 11 is 3.22. The fraction of sp³-hybridized carbons (Fsp3) is 0.417. The van der Waals surface area contributed by atoms with E-state index in [0.717, 1.165) is 60.2 Å². The molecule has 0 bridgehead atoms. The van der Waals surface area contributed by atoms with Crippen molar-refractivity contribution in [3.63, 3.8) is 0 Å². The summed E-state index contributed by atoms with van der Waals surface area (Å²) < 4.78 is 11.4. The van der Waals surface area contributed by atoms with Crippen molar-refractivity contribution in [2.45, 2.75) is 31.8 Å². The Bertz CT molecular complexity index is 984. The second-order valence-electron chi connectivity index (χ2n) is 7.93. The first kappa shape index (κ1) is 22.9. The van der Waals surface area contributed by atoms with Gasteiger partial charge in [-0.1, -0.05) is 12.1 Å². The third-order valence-electron chi connectivity index (χ3n) is 5.58. The van der Waals surface area contributed by atoms with Gasteiger partial charge < -0.3 is 14.8 Å². The molecule has 0 saturated carbocycles. The van der Waals surface area contributed by atoms with Gasteiger partial charge in [-0.05, 0) is 49.0 Å². The molecule has 0 spiro atoms. The fourth-order valence-corrected chi connectivity index (χ4v) is 5.23. The van der Waals surface area contributed by atoms with Crippen LogP contribution in [0.15, 0.2) is 46.5 Å². The highest BCUT2D eigenvalue weighted by Gasteiger charge is 2.18. The molecule has 1 amide bonds. The van der Waals surface area contributed by atoms with Gasteiger partial charge in [0.25, 0.3) is 0 Å². The molecule has 0 unspecified atom stereocenters. The van der Waals surface area contributed by atoms with Crippen molar-refractivity contribution in [3.05, 3.63) is 57.7 Å². The number of nitrogens with zero attached hydrogens (tertiary/aromatic N) is 2. The highest BCUT2D eigenvalue weighted by Crippen LogP contribution is 2.25. The highest BCUT2D eigenvalue weighted by atomic mass is 32.1. The highest BCUT2D eigenvalue weighted by molar-refractivity contribution is 7.14. The summed E-state index contributed by atoms with van der Waals surface area (Å²) in [6.07, 6.45) is 2.46. The van der Waals surface area contributed by atoms with Crippen LogP contribution < -0.4 is 10.1 Å². The molecule has 3 heterocycles. The first-order chi connectivity index (χ1) is 15.7. The second kappa shape index (κ2) is 11.6. The van der Waals surface area contributed by atoms with Gasteiger partial charge >= 0.3 is 0 Å². The van der Waals surface area contributed by atoms with Crippen LogP contribution in [0.1, 0.15) is 24.1 Å². The molecular weight excluding hydrogens is 442 g/mol. The van der Waals surface area contributed by atoms with Gasteiger partial charge in [-0.3, -0.25) is 9.69 Å². The number of hydrogen-bond donors (Lipinski definition) is 1. The molecular formula is C24H29N3O3S2. The molecule has 32 heavy (non-hydrogen) atoms. The smallest absolute Gasteiger partial charge is 0.226 e. The molecule has 1 N–H and O–H groups in total. The first-order valence-corrected chi connectivity index (χ1v) is 12.7. The predicted molar refractivity (Wildman–Crippen MR) is 129 cm³/mol. The molecule has 4 rings (SSSR count). The number of amides is 1. The molecule has 170 valence electrons. The van der Waals surface area contributed by atoms with Crippen LogP contribution in [0.5, 0.6) is 5.75 Å². The minimum absolute atomic E-state index is 0.0309. The van der Waals surface area contributed by atoms with E-state index in [1.807, 2.05) is 41.1 Å². The molecule has 1 aliphatic heterocycles. The Morgan fingerprint density at radius 2 is 2.16 bits per heavy atom. The maximum Gasteiger partial charge on any atom is 0.226 e. The number of carbonyl (C=O) groups is 1. The van der Waals surface area contributed by atoms with E-state index in [4.69, 9.17) is 9.47 Å². The van der Waals surface area contributed by atoms with Crippen LogP contribution in [-0.4, -0.2) is 55.2 Å². The van der Waals surface area contributed by atoms with Gasteiger partial charge in [0.05, 0.1) is 12.1 Å². The monoisotopic (exact) mass is 471 g/mol. The summed E-state index contributed by atoms with van der Waals surface area (Å²) in [5.74, 6) is 0.800. The number of thiophene rings is 1. The second-order valence-corrected chi connectivity index (χ2v) is 9.57. The van der Waals surface area contributed by atoms with E-state index in [1.165, 1.54) is 0 Å². The Morgan fingerprint density at radius 3 is 2.97 bits per heavy atom. The van der Waals surface area contributed by atoms with Crippen LogP contribution in [0.3, 0.4) is 0 Å². The van der Waals surface area contributed by atoms with Gasteiger partial charge in [-0.2, -0.15) is 11.3 Å². The van der Waals surface area contributed by atoms with E-state index in [9.17, 15) is 4.79 Å². The molecule has 0 aliphatic carbocycles. The van der Waals surface area contributed by atoms with Gasteiger partial charge in [0.2, 0.25) is 5.91 Å². The number of hydrogen-bond acceptors (Lipinski definition) is 7. The molecule has 0 radical (unpaired) electrons. The number of ether oxygens (including phenoxy) is 2. The largest absolute Gasteiger partial charge is 0.492 e. The minimum Gasteiger partial charge on any atom is -0.492 e. The van der Waals surface area contributed by atoms with Crippen molar-refractivity contribution >= 4 is 28.6 Å². The van der Waals surface area contributed by atoms with E-state index in [2.05, 4.69) is 27.6 Å². The molecule has 8 heteroatoms. The topological polar surface area (TPSA) is 63.7 Å². The van der Waals surface area contributed by atoms with E-state index in [1.54, 1.807) is 22.7 Å². The maximum atomic E-state index is 12.4. The molecule has 1 saturated heterocycles. The van der Waals surface area contributed by atoms with E-state index < -0.39 is 0 Å². The quantitative estimate of drug-likeness (QED) is 0.480. The van der Waals surface area contributed by atoms with Gasteiger partial charge in [-0.25, -0.2) is 4.98 Å². The summed E-state index contributed by atoms with van der Waals surface area (Å²) in [5.41, 5.74) is 2.94. The number of likely N-dealkylation sites (N-methyl/N-ethyl adjacent to an activating group) is 1. The van der Waals surface area contributed by atoms with Crippen LogP contribution in [0, 0.1) is 0 Å². The summed E-state index contributed by atoms with van der Waals surface area (Å²) in [6.45, 7) is 3.69. The lowest BCUT2D eigenvalue weighted by atomic mass is 10.1. The predicted octanol–water partition coefficient (Wildman–Crippen LogP) is 4.22. The van der Waals surface area contributed by atoms with E-state index in [0.29, 0.717) is 19.2 Å². The van der Waals surface area contributed by atoms with Gasteiger partial charge in [-0.15, -0.1) is 11.3 Å². The number of aromatic nitrogens is 1. The zero-order chi connectivity index (χ0) is 22.2. The molecule has 1 aromatic carbocycles. The van der Waals surface area contributed by atoms with Crippen LogP contribution in [0.25, 0.3) is 10.6 Å². The molecule has 1 aliphatic rings. The SMILES string of the molecule is CN(CCOc1cccc(CNC(=O)Cc2csc(-c3ccsc3)n2)c1)C1CCOCC1. The van der Waals surface area contributed by atoms with Crippen molar-refractivity contribution in [1.82, 2.24) is 15.2 Å². The number of rotatable bonds is 10. The normalized spacial score (nSPS) is 14.6. The molecule has 2 aromatic heterocycles. The molecule has 3 aromatic rings. The zero-order valence-corrected chi connectivity index (χ0v) is 19.9. The lowest BCUT2D eigenvalue weighted by Gasteiger charge is -2.31. The minimum atomic E-state index is -0.0309. The Hall–Kier alpha value is -2.26. The van der Waals surface area contributed by atoms with Crippen LogP contribution in [-0.2, 0) is 22.5 Å². The van der Waals surface area contributed by atoms with E-state index >= 15 is 0 Å². The maximum absolute atomic E-state index is 12.4. The van der Waals surface area contributed by atoms with Crippen LogP contribution in [0.2, 0.25) is 0 Å². The third kappa shape index (κ3) is 6.62. The van der Waals surface area contributed by atoms with Crippen LogP contribution >= 0.6 is 22.7 Å². The van der Waals surface area contributed by atoms with E-state index in [-0.39, 0.29) is 12.3 Å². The van der Waals surface area contributed by atoms with Crippen molar-refractivity contribution in [2.75, 3.05) is 33.4 Å². The summed E-state index contributed by atoms with van der Waals surface area (Å²) in [5, 5.41) is 10.0. The molecule has 6 nitrogen and oxygen atoms in total. The molecule has 1 fully saturated rings. The Balaban J connectivity index is 1.20. The lowest BCUT2D eigenvalue weighted by Crippen LogP contribution is -2.38. The first-order valence-electron chi connectivity index (χ1n) is 10.9. The van der Waals surface area contributed by atoms with Gasteiger partial charge in [0, 0.05) is 48.7 Å². The van der Waals surface area contributed by atoms with Gasteiger partial charge in [0.1, 0.15) is 17.4 Å². The number of nitrogens with one attached hydrogen (secondary N) is 1. The standard InChI is InChI=1S/C24H29N3O3S2/c1-27(21-5-9-29-10-6-21)8-11-30-22-4-2-3-18(13-22)15-25-23(28)14-20-17-32-24(26-20)19-7-12-31-16-19/h2-4,7,12-13,16-17,21H,5-6,8-11,14-15H2,1H3,(H,25,28). The number of benzene rings is 1. The van der Waals surface area contributed by atoms with Crippen molar-refractivity contribution in [3.8, 4) is 16.3 Å². The average molecular weight is 472 g/mol. The zero-order valence-electron chi connectivity index (χ0n) is 18.3. The van der Waals surface area contributed by atoms with Gasteiger partial charge in [0.15, 0.2) is 0 Å². The Labute approximate surface area is 197 Å². The summed E-state index contributed by atoms with van der Waals surface area (Å²) in [6, 6.07) is 10.5. The Kier molecular flexibility index (Phi) is 8.28. The Morgan fingerprint density at radius 1 is 1.28 bits per heavy atom. The number of carbonyl (C=O) groups excluding carboxylic acids is 1. The number of thiazole rings is 1. The molecule has 0 atom stereocenters. The van der Waals surface area contributed by atoms with Crippen LogP contribution in [0.4, 0.5) is 0 Å². The third-order valence-corrected chi connectivity index (χ3v) is 7.20. The van der Waals surface area contributed by atoms with Crippen molar-refractivity contribution < 1.29 is 14.3 Å². The van der Waals surface area contributed by atoms with Crippen molar-refractivity contribution in [2.24, 2.45) is 0 Å². The lowest BCUT2D eigenvalue weighted by molar-refractivity contribution is -0.120. The average Bonchev–Trinajstić information content (AvgIpc) is 3.51. The van der Waals surface area contributed by atoms with Crippen molar-refractivity contribution in [1.29, 1.82) is 0 Å². The fourth-order valence-electron chi connectivity index (χ4n) is 3.70.